The van der Waals surface area contributed by atoms with E-state index in [0.717, 1.165) is 42.3 Å². The highest BCUT2D eigenvalue weighted by Gasteiger charge is 2.26. The van der Waals surface area contributed by atoms with Crippen LogP contribution in [0.25, 0.3) is 11.0 Å². The van der Waals surface area contributed by atoms with E-state index in [4.69, 9.17) is 9.52 Å². The van der Waals surface area contributed by atoms with E-state index in [0.29, 0.717) is 12.1 Å². The van der Waals surface area contributed by atoms with Gasteiger partial charge in [0.1, 0.15) is 5.58 Å². The molecule has 146 valence electrons. The molecule has 0 atom stereocenters. The van der Waals surface area contributed by atoms with Crippen molar-refractivity contribution in [1.82, 2.24) is 20.0 Å². The number of nitrogens with one attached hydrogen (secondary N) is 1. The number of fused-ring (bicyclic) bond motifs is 2. The van der Waals surface area contributed by atoms with Crippen molar-refractivity contribution in [2.45, 2.75) is 57.8 Å². The molecule has 2 aliphatic rings. The van der Waals surface area contributed by atoms with Gasteiger partial charge in [0.25, 0.3) is 5.91 Å². The summed E-state index contributed by atoms with van der Waals surface area (Å²) in [5.41, 5.74) is 3.63. The number of carbonyl (C=O) groups excluding carboxylic acids is 1. The molecule has 0 bridgehead atoms. The topological polar surface area (TPSA) is 63.3 Å². The number of nitrogens with zero attached hydrogens (tertiary/aromatic N) is 3. The molecule has 1 aliphatic carbocycles. The van der Waals surface area contributed by atoms with Gasteiger partial charge in [0.05, 0.1) is 30.7 Å². The van der Waals surface area contributed by atoms with Crippen molar-refractivity contribution in [1.29, 1.82) is 0 Å². The smallest absolute Gasteiger partial charge is 0.251 e. The number of hydrogen-bond acceptors (Lipinski definition) is 4. The molecule has 1 aromatic carbocycles. The lowest BCUT2D eigenvalue weighted by Crippen LogP contribution is -2.42. The van der Waals surface area contributed by atoms with Crippen LogP contribution in [0.4, 0.5) is 0 Å². The standard InChI is InChI=1S/C22H26N4O2/c27-22(17-6-7-21-16(12-17)8-11-28-21)23-14-18-13-20-15-25(9-10-26(20)24-18)19-4-2-1-3-5-19/h6-8,11-13,19H,1-5,9-10,14-15H2,(H,23,27). The minimum Gasteiger partial charge on any atom is -0.464 e. The maximum Gasteiger partial charge on any atom is 0.251 e. The predicted molar refractivity (Wildman–Crippen MR) is 107 cm³/mol. The first-order chi connectivity index (χ1) is 13.8. The van der Waals surface area contributed by atoms with E-state index in [9.17, 15) is 4.79 Å². The lowest BCUT2D eigenvalue weighted by Gasteiger charge is -2.36. The Kier molecular flexibility index (Phi) is 4.64. The average molecular weight is 378 g/mol. The largest absolute Gasteiger partial charge is 0.464 e. The molecular formula is C22H26N4O2. The second-order valence-corrected chi connectivity index (χ2v) is 7.97. The van der Waals surface area contributed by atoms with Gasteiger partial charge in [0, 0.05) is 30.1 Å². The molecule has 3 heterocycles. The van der Waals surface area contributed by atoms with Gasteiger partial charge in [-0.15, -0.1) is 0 Å². The summed E-state index contributed by atoms with van der Waals surface area (Å²) in [6.45, 7) is 3.45. The summed E-state index contributed by atoms with van der Waals surface area (Å²) < 4.78 is 7.44. The third-order valence-corrected chi connectivity index (χ3v) is 6.11. The number of aromatic nitrogens is 2. The zero-order chi connectivity index (χ0) is 18.9. The third-order valence-electron chi connectivity index (χ3n) is 6.11. The van der Waals surface area contributed by atoms with Gasteiger partial charge in [0.15, 0.2) is 0 Å². The lowest BCUT2D eigenvalue weighted by atomic mass is 9.94. The second kappa shape index (κ2) is 7.43. The van der Waals surface area contributed by atoms with E-state index in [-0.39, 0.29) is 5.91 Å². The van der Waals surface area contributed by atoms with Crippen LogP contribution in [-0.4, -0.2) is 33.2 Å². The van der Waals surface area contributed by atoms with Gasteiger partial charge in [-0.05, 0) is 43.2 Å². The van der Waals surface area contributed by atoms with Gasteiger partial charge in [-0.25, -0.2) is 0 Å². The van der Waals surface area contributed by atoms with E-state index in [1.807, 2.05) is 18.2 Å². The predicted octanol–water partition coefficient (Wildman–Crippen LogP) is 3.71. The van der Waals surface area contributed by atoms with Crippen LogP contribution >= 0.6 is 0 Å². The summed E-state index contributed by atoms with van der Waals surface area (Å²) in [5, 5.41) is 8.63. The zero-order valence-corrected chi connectivity index (χ0v) is 16.1. The van der Waals surface area contributed by atoms with Crippen molar-refractivity contribution in [3.05, 3.63) is 53.5 Å². The van der Waals surface area contributed by atoms with Crippen molar-refractivity contribution in [3.8, 4) is 0 Å². The summed E-state index contributed by atoms with van der Waals surface area (Å²) in [5.74, 6) is -0.0853. The summed E-state index contributed by atoms with van der Waals surface area (Å²) in [6.07, 6.45) is 8.42. The fourth-order valence-electron chi connectivity index (χ4n) is 4.57. The molecule has 0 radical (unpaired) electrons. The molecule has 28 heavy (non-hydrogen) atoms. The minimum absolute atomic E-state index is 0.0853. The van der Waals surface area contributed by atoms with Gasteiger partial charge in [-0.3, -0.25) is 14.4 Å². The Morgan fingerprint density at radius 1 is 1.14 bits per heavy atom. The number of rotatable bonds is 4. The van der Waals surface area contributed by atoms with Crippen LogP contribution in [-0.2, 0) is 19.6 Å². The van der Waals surface area contributed by atoms with Crippen molar-refractivity contribution in [3.63, 3.8) is 0 Å². The first-order valence-corrected chi connectivity index (χ1v) is 10.3. The quantitative estimate of drug-likeness (QED) is 0.752. The highest BCUT2D eigenvalue weighted by Crippen LogP contribution is 2.26. The number of hydrogen-bond donors (Lipinski definition) is 1. The lowest BCUT2D eigenvalue weighted by molar-refractivity contribution is 0.0950. The first-order valence-electron chi connectivity index (χ1n) is 10.3. The maximum absolute atomic E-state index is 12.5. The van der Waals surface area contributed by atoms with E-state index < -0.39 is 0 Å². The van der Waals surface area contributed by atoms with Gasteiger partial charge in [-0.2, -0.15) is 5.10 Å². The number of benzene rings is 1. The molecule has 1 amide bonds. The molecule has 3 aromatic rings. The van der Waals surface area contributed by atoms with E-state index >= 15 is 0 Å². The molecule has 1 fully saturated rings. The molecule has 2 aromatic heterocycles. The first kappa shape index (κ1) is 17.5. The highest BCUT2D eigenvalue weighted by molar-refractivity contribution is 5.97. The summed E-state index contributed by atoms with van der Waals surface area (Å²) in [6, 6.07) is 10.2. The van der Waals surface area contributed by atoms with E-state index in [1.54, 1.807) is 12.3 Å². The Morgan fingerprint density at radius 2 is 2.04 bits per heavy atom. The minimum atomic E-state index is -0.0853. The Labute approximate surface area is 164 Å². The third kappa shape index (κ3) is 3.44. The van der Waals surface area contributed by atoms with E-state index in [1.165, 1.54) is 37.8 Å². The Balaban J connectivity index is 1.22. The van der Waals surface area contributed by atoms with Gasteiger partial charge >= 0.3 is 0 Å². The van der Waals surface area contributed by atoms with Crippen LogP contribution in [0.3, 0.4) is 0 Å². The van der Waals surface area contributed by atoms with Crippen molar-refractivity contribution in [2.24, 2.45) is 0 Å². The van der Waals surface area contributed by atoms with Gasteiger partial charge in [-0.1, -0.05) is 19.3 Å². The molecule has 0 spiro atoms. The van der Waals surface area contributed by atoms with Crippen LogP contribution < -0.4 is 5.32 Å². The average Bonchev–Trinajstić information content (AvgIpc) is 3.37. The molecule has 1 saturated carbocycles. The number of amides is 1. The summed E-state index contributed by atoms with van der Waals surface area (Å²) in [7, 11) is 0. The van der Waals surface area contributed by atoms with Crippen LogP contribution in [0.2, 0.25) is 0 Å². The SMILES string of the molecule is O=C(NCc1cc2n(n1)CCN(C1CCCCC1)C2)c1ccc2occc2c1. The Morgan fingerprint density at radius 3 is 2.93 bits per heavy atom. The summed E-state index contributed by atoms with van der Waals surface area (Å²) >= 11 is 0. The van der Waals surface area contributed by atoms with Crippen molar-refractivity contribution >= 4 is 16.9 Å². The molecule has 5 rings (SSSR count). The highest BCUT2D eigenvalue weighted by atomic mass is 16.3. The normalized spacial score (nSPS) is 18.3. The fraction of sp³-hybridized carbons (Fsp3) is 0.455. The van der Waals surface area contributed by atoms with E-state index in [2.05, 4.69) is 21.0 Å². The molecule has 1 N–H and O–H groups in total. The molecule has 0 saturated heterocycles. The number of furan rings is 1. The Bertz CT molecular complexity index is 984. The molecule has 6 heteroatoms. The fourth-order valence-corrected chi connectivity index (χ4v) is 4.57. The van der Waals surface area contributed by atoms with Crippen molar-refractivity contribution < 1.29 is 9.21 Å². The molecule has 1 aliphatic heterocycles. The van der Waals surface area contributed by atoms with Gasteiger partial charge in [0.2, 0.25) is 0 Å². The summed E-state index contributed by atoms with van der Waals surface area (Å²) in [4.78, 5) is 15.1. The molecule has 0 unspecified atom stereocenters. The molecular weight excluding hydrogens is 352 g/mol. The Hall–Kier alpha value is -2.60. The van der Waals surface area contributed by atoms with Crippen LogP contribution in [0.15, 0.2) is 41.0 Å². The van der Waals surface area contributed by atoms with Crippen LogP contribution in [0, 0.1) is 0 Å². The molecule has 6 nitrogen and oxygen atoms in total. The number of carbonyl (C=O) groups is 1. The monoisotopic (exact) mass is 378 g/mol. The van der Waals surface area contributed by atoms with Crippen LogP contribution in [0.5, 0.6) is 0 Å². The van der Waals surface area contributed by atoms with Crippen LogP contribution in [0.1, 0.15) is 53.8 Å². The van der Waals surface area contributed by atoms with Crippen molar-refractivity contribution in [2.75, 3.05) is 6.54 Å². The maximum atomic E-state index is 12.5. The van der Waals surface area contributed by atoms with Gasteiger partial charge < -0.3 is 9.73 Å². The second-order valence-electron chi connectivity index (χ2n) is 7.97. The zero-order valence-electron chi connectivity index (χ0n) is 16.1.